The highest BCUT2D eigenvalue weighted by atomic mass is 15.0. The zero-order valence-electron chi connectivity index (χ0n) is 30.1. The molecule has 0 N–H and O–H groups in total. The van der Waals surface area contributed by atoms with Crippen molar-refractivity contribution < 1.29 is 0 Å². The van der Waals surface area contributed by atoms with E-state index < -0.39 is 0 Å². The summed E-state index contributed by atoms with van der Waals surface area (Å²) in [7, 11) is 0. The first-order valence-electron chi connectivity index (χ1n) is 18.3. The van der Waals surface area contributed by atoms with Crippen molar-refractivity contribution in [3.63, 3.8) is 0 Å². The summed E-state index contributed by atoms with van der Waals surface area (Å²) >= 11 is 0. The summed E-state index contributed by atoms with van der Waals surface area (Å²) in [5.74, 6) is 1.78. The lowest BCUT2D eigenvalue weighted by atomic mass is 9.91. The minimum Gasteiger partial charge on any atom is -0.208 e. The number of rotatable bonds is 7. The number of fused-ring (bicyclic) bond motifs is 2. The average molecular weight is 714 g/mol. The van der Waals surface area contributed by atoms with E-state index in [9.17, 15) is 10.5 Å². The minimum atomic E-state index is 0.577. The average Bonchev–Trinajstić information content (AvgIpc) is 3.28. The predicted octanol–water partition coefficient (Wildman–Crippen LogP) is 12.2. The van der Waals surface area contributed by atoms with Gasteiger partial charge in [0.05, 0.1) is 23.3 Å². The molecule has 9 rings (SSSR count). The van der Waals surface area contributed by atoms with E-state index in [4.69, 9.17) is 15.0 Å². The molecule has 0 aliphatic carbocycles. The summed E-state index contributed by atoms with van der Waals surface area (Å²) in [4.78, 5) is 15.1. The third-order valence-corrected chi connectivity index (χ3v) is 10.0. The Morgan fingerprint density at radius 2 is 0.804 bits per heavy atom. The van der Waals surface area contributed by atoms with Gasteiger partial charge in [-0.15, -0.1) is 0 Å². The molecule has 56 heavy (non-hydrogen) atoms. The first-order chi connectivity index (χ1) is 27.6. The molecule has 8 aromatic carbocycles. The maximum Gasteiger partial charge on any atom is 0.164 e. The Morgan fingerprint density at radius 1 is 0.393 bits per heavy atom. The van der Waals surface area contributed by atoms with E-state index in [1.54, 1.807) is 0 Å². The van der Waals surface area contributed by atoms with E-state index in [0.717, 1.165) is 71.6 Å². The Kier molecular flexibility index (Phi) is 8.94. The van der Waals surface area contributed by atoms with Gasteiger partial charge in [-0.25, -0.2) is 15.0 Å². The Bertz CT molecular complexity index is 2920. The van der Waals surface area contributed by atoms with Crippen molar-refractivity contribution in [1.82, 2.24) is 15.0 Å². The van der Waals surface area contributed by atoms with Crippen LogP contribution in [-0.4, -0.2) is 15.0 Å². The molecule has 1 aromatic heterocycles. The van der Waals surface area contributed by atoms with Crippen LogP contribution in [0.5, 0.6) is 0 Å². The maximum absolute atomic E-state index is 9.53. The largest absolute Gasteiger partial charge is 0.208 e. The summed E-state index contributed by atoms with van der Waals surface area (Å²) in [6, 6.07) is 65.5. The SMILES string of the molecule is N#Cc1ccc(/C(=C\c2ccccc2-c2ccc(C#N)cc2)c2ccc(-c3nc(-c4ccc5ccccc5c4)nc(-c4ccc5ccccc5c4)n3)cc2)cc1. The molecule has 0 radical (unpaired) electrons. The van der Waals surface area contributed by atoms with Crippen molar-refractivity contribution in [2.45, 2.75) is 0 Å². The van der Waals surface area contributed by atoms with Crippen LogP contribution < -0.4 is 0 Å². The Morgan fingerprint density at radius 3 is 1.34 bits per heavy atom. The van der Waals surface area contributed by atoms with Gasteiger partial charge < -0.3 is 0 Å². The van der Waals surface area contributed by atoms with Crippen LogP contribution in [0.1, 0.15) is 27.8 Å². The molecule has 0 amide bonds. The normalized spacial score (nSPS) is 11.3. The van der Waals surface area contributed by atoms with Gasteiger partial charge in [0.1, 0.15) is 0 Å². The summed E-state index contributed by atoms with van der Waals surface area (Å²) in [6.07, 6.45) is 2.18. The summed E-state index contributed by atoms with van der Waals surface area (Å²) in [5.41, 5.74) is 9.96. The van der Waals surface area contributed by atoms with Crippen LogP contribution in [0.3, 0.4) is 0 Å². The molecule has 0 saturated carbocycles. The van der Waals surface area contributed by atoms with Crippen LogP contribution in [0.4, 0.5) is 0 Å². The molecule has 0 unspecified atom stereocenters. The van der Waals surface area contributed by atoms with Gasteiger partial charge in [-0.3, -0.25) is 0 Å². The number of hydrogen-bond donors (Lipinski definition) is 0. The van der Waals surface area contributed by atoms with Crippen molar-refractivity contribution in [1.29, 1.82) is 10.5 Å². The highest BCUT2D eigenvalue weighted by Crippen LogP contribution is 2.34. The van der Waals surface area contributed by atoms with E-state index in [0.29, 0.717) is 28.6 Å². The van der Waals surface area contributed by atoms with Crippen LogP contribution in [0, 0.1) is 22.7 Å². The second-order valence-corrected chi connectivity index (χ2v) is 13.5. The van der Waals surface area contributed by atoms with Crippen molar-refractivity contribution in [3.05, 3.63) is 210 Å². The molecule has 0 aliphatic heterocycles. The molecule has 5 heteroatoms. The van der Waals surface area contributed by atoms with Gasteiger partial charge in [0, 0.05) is 16.7 Å². The number of hydrogen-bond acceptors (Lipinski definition) is 5. The van der Waals surface area contributed by atoms with Gasteiger partial charge in [-0.1, -0.05) is 146 Å². The van der Waals surface area contributed by atoms with Gasteiger partial charge in [0.25, 0.3) is 0 Å². The van der Waals surface area contributed by atoms with Crippen LogP contribution in [0.2, 0.25) is 0 Å². The molecule has 0 atom stereocenters. The van der Waals surface area contributed by atoms with E-state index in [1.807, 2.05) is 84.9 Å². The van der Waals surface area contributed by atoms with Gasteiger partial charge in [0.2, 0.25) is 0 Å². The molecule has 0 bridgehead atoms. The minimum absolute atomic E-state index is 0.577. The molecular weight excluding hydrogens is 683 g/mol. The van der Waals surface area contributed by atoms with Crippen LogP contribution in [0.15, 0.2) is 182 Å². The molecule has 0 spiro atoms. The zero-order chi connectivity index (χ0) is 37.8. The molecule has 260 valence electrons. The molecule has 0 fully saturated rings. The predicted molar refractivity (Wildman–Crippen MR) is 226 cm³/mol. The van der Waals surface area contributed by atoms with Gasteiger partial charge >= 0.3 is 0 Å². The van der Waals surface area contributed by atoms with Gasteiger partial charge in [-0.2, -0.15) is 10.5 Å². The molecule has 5 nitrogen and oxygen atoms in total. The fourth-order valence-corrected chi connectivity index (χ4v) is 7.04. The number of benzene rings is 8. The first kappa shape index (κ1) is 33.8. The topological polar surface area (TPSA) is 86.2 Å². The van der Waals surface area contributed by atoms with Crippen LogP contribution in [0.25, 0.3) is 78.5 Å². The van der Waals surface area contributed by atoms with Crippen LogP contribution in [-0.2, 0) is 0 Å². The Hall–Kier alpha value is -7.99. The second kappa shape index (κ2) is 14.8. The standard InChI is InChI=1S/C51H31N5/c52-32-34-13-17-38(18-14-34)47-12-6-5-11-44(47)31-48(39-19-15-35(33-53)16-20-39)40-23-25-41(26-24-40)49-54-50(45-27-21-36-7-1-3-9-42(36)29-45)56-51(55-49)46-28-22-37-8-2-4-10-43(37)30-46/h1-31H/b48-31+. The van der Waals surface area contributed by atoms with Gasteiger partial charge in [-0.05, 0) is 97.4 Å². The number of nitrogens with zero attached hydrogens (tertiary/aromatic N) is 5. The number of aromatic nitrogens is 3. The monoisotopic (exact) mass is 713 g/mol. The Labute approximate surface area is 324 Å². The molecule has 0 saturated heterocycles. The zero-order valence-corrected chi connectivity index (χ0v) is 30.1. The number of nitriles is 2. The third-order valence-electron chi connectivity index (χ3n) is 10.0. The second-order valence-electron chi connectivity index (χ2n) is 13.5. The van der Waals surface area contributed by atoms with E-state index in [-0.39, 0.29) is 0 Å². The molecule has 1 heterocycles. The Balaban J connectivity index is 1.16. The van der Waals surface area contributed by atoms with E-state index >= 15 is 0 Å². The van der Waals surface area contributed by atoms with E-state index in [1.165, 1.54) is 0 Å². The smallest absolute Gasteiger partial charge is 0.164 e. The van der Waals surface area contributed by atoms with Crippen LogP contribution >= 0.6 is 0 Å². The van der Waals surface area contributed by atoms with Crippen molar-refractivity contribution in [2.24, 2.45) is 0 Å². The van der Waals surface area contributed by atoms with Gasteiger partial charge in [0.15, 0.2) is 17.5 Å². The summed E-state index contributed by atoms with van der Waals surface area (Å²) in [5, 5.41) is 23.4. The quantitative estimate of drug-likeness (QED) is 0.153. The summed E-state index contributed by atoms with van der Waals surface area (Å²) in [6.45, 7) is 0. The molecular formula is C51H31N5. The van der Waals surface area contributed by atoms with Crippen molar-refractivity contribution >= 4 is 33.2 Å². The lowest BCUT2D eigenvalue weighted by Gasteiger charge is -2.13. The highest BCUT2D eigenvalue weighted by molar-refractivity contribution is 5.95. The molecule has 9 aromatic rings. The fraction of sp³-hybridized carbons (Fsp3) is 0. The lowest BCUT2D eigenvalue weighted by molar-refractivity contribution is 1.07. The summed E-state index contributed by atoms with van der Waals surface area (Å²) < 4.78 is 0. The first-order valence-corrected chi connectivity index (χ1v) is 18.3. The maximum atomic E-state index is 9.53. The lowest BCUT2D eigenvalue weighted by Crippen LogP contribution is -2.00. The van der Waals surface area contributed by atoms with Crippen molar-refractivity contribution in [2.75, 3.05) is 0 Å². The molecule has 0 aliphatic rings. The van der Waals surface area contributed by atoms with Crippen molar-refractivity contribution in [3.8, 4) is 57.4 Å². The van der Waals surface area contributed by atoms with E-state index in [2.05, 4.69) is 115 Å². The fourth-order valence-electron chi connectivity index (χ4n) is 7.04. The highest BCUT2D eigenvalue weighted by Gasteiger charge is 2.15. The third kappa shape index (κ3) is 6.81.